The molecule has 0 radical (unpaired) electrons. The van der Waals surface area contributed by atoms with Crippen molar-refractivity contribution in [1.29, 1.82) is 0 Å². The van der Waals surface area contributed by atoms with Crippen molar-refractivity contribution in [3.8, 4) is 0 Å². The summed E-state index contributed by atoms with van der Waals surface area (Å²) >= 11 is 0. The van der Waals surface area contributed by atoms with Crippen LogP contribution in [-0.4, -0.2) is 79.7 Å². The first kappa shape index (κ1) is 24.0. The van der Waals surface area contributed by atoms with E-state index in [4.69, 9.17) is 4.74 Å². The van der Waals surface area contributed by atoms with Gasteiger partial charge in [-0.05, 0) is 26.3 Å². The van der Waals surface area contributed by atoms with Crippen LogP contribution in [0.1, 0.15) is 26.3 Å². The molecule has 0 aromatic heterocycles. The Morgan fingerprint density at radius 2 is 1.87 bits per heavy atom. The van der Waals surface area contributed by atoms with Gasteiger partial charge >= 0.3 is 0 Å². The molecule has 2 rings (SSSR count). The third-order valence-electron chi connectivity index (χ3n) is 4.62. The number of nitrogens with zero attached hydrogens (tertiary/aromatic N) is 4. The zero-order chi connectivity index (χ0) is 22.1. The largest absolute Gasteiger partial charge is 0.378 e. The van der Waals surface area contributed by atoms with E-state index in [-0.39, 0.29) is 24.2 Å². The number of hydrogen-bond donors (Lipinski definition) is 1. The van der Waals surface area contributed by atoms with Crippen LogP contribution in [-0.2, 0) is 21.3 Å². The van der Waals surface area contributed by atoms with Gasteiger partial charge in [-0.25, -0.2) is 13.4 Å². The lowest BCUT2D eigenvalue weighted by Gasteiger charge is -2.36. The molecule has 0 saturated carbocycles. The molecule has 1 heterocycles. The number of guanidine groups is 1. The minimum absolute atomic E-state index is 0.00619. The van der Waals surface area contributed by atoms with Crippen molar-refractivity contribution in [2.24, 2.45) is 4.99 Å². The quantitative estimate of drug-likeness (QED) is 0.267. The minimum atomic E-state index is -3.34. The van der Waals surface area contributed by atoms with Gasteiger partial charge in [0.15, 0.2) is 5.96 Å². The number of non-ortho nitro benzene ring substituents is 1. The molecule has 30 heavy (non-hydrogen) atoms. The first-order valence-corrected chi connectivity index (χ1v) is 11.7. The van der Waals surface area contributed by atoms with Crippen LogP contribution < -0.4 is 5.32 Å². The van der Waals surface area contributed by atoms with Crippen LogP contribution in [0.15, 0.2) is 29.3 Å². The van der Waals surface area contributed by atoms with Gasteiger partial charge < -0.3 is 15.0 Å². The van der Waals surface area contributed by atoms with Crippen LogP contribution in [0.2, 0.25) is 0 Å². The summed E-state index contributed by atoms with van der Waals surface area (Å²) in [4.78, 5) is 17.0. The van der Waals surface area contributed by atoms with Gasteiger partial charge in [0.2, 0.25) is 10.0 Å². The summed E-state index contributed by atoms with van der Waals surface area (Å²) in [7, 11) is -3.34. The highest BCUT2D eigenvalue weighted by Crippen LogP contribution is 2.13. The smallest absolute Gasteiger partial charge is 0.269 e. The Labute approximate surface area is 178 Å². The van der Waals surface area contributed by atoms with Crippen molar-refractivity contribution >= 4 is 21.7 Å². The second kappa shape index (κ2) is 11.2. The van der Waals surface area contributed by atoms with Crippen molar-refractivity contribution in [3.05, 3.63) is 39.9 Å². The zero-order valence-corrected chi connectivity index (χ0v) is 18.6. The van der Waals surface area contributed by atoms with E-state index >= 15 is 0 Å². The van der Waals surface area contributed by atoms with Crippen LogP contribution in [0.3, 0.4) is 0 Å². The summed E-state index contributed by atoms with van der Waals surface area (Å²) in [6, 6.07) is 6.30. The highest BCUT2D eigenvalue weighted by atomic mass is 32.2. The van der Waals surface area contributed by atoms with Gasteiger partial charge in [0.1, 0.15) is 0 Å². The summed E-state index contributed by atoms with van der Waals surface area (Å²) in [5, 5.41) is 14.0. The summed E-state index contributed by atoms with van der Waals surface area (Å²) in [5.41, 5.74) is 0.910. The highest BCUT2D eigenvalue weighted by Gasteiger charge is 2.28. The lowest BCUT2D eigenvalue weighted by atomic mass is 10.2. The zero-order valence-electron chi connectivity index (χ0n) is 17.8. The summed E-state index contributed by atoms with van der Waals surface area (Å²) < 4.78 is 31.9. The molecule has 0 atom stereocenters. The summed E-state index contributed by atoms with van der Waals surface area (Å²) in [5.74, 6) is 0.690. The number of rotatable bonds is 9. The third-order valence-corrected chi connectivity index (χ3v) is 6.45. The summed E-state index contributed by atoms with van der Waals surface area (Å²) in [6.07, 6.45) is 0.00619. The Kier molecular flexibility index (Phi) is 9.00. The van der Waals surface area contributed by atoms with Crippen molar-refractivity contribution in [1.82, 2.24) is 14.5 Å². The van der Waals surface area contributed by atoms with E-state index in [2.05, 4.69) is 10.3 Å². The monoisotopic (exact) mass is 441 g/mol. The molecule has 1 aliphatic heterocycles. The normalized spacial score (nSPS) is 16.1. The standard InChI is InChI=1S/C19H31N5O5S/c1-4-20-19(21-15-17-5-7-18(8-6-17)24(25)26)22-9-11-23(12-10-22)30(27,28)14-13-29-16(2)3/h5-8,16H,4,9-15H2,1-3H3,(H,20,21). The number of piperazine rings is 1. The fourth-order valence-electron chi connectivity index (χ4n) is 3.01. The Morgan fingerprint density at radius 3 is 2.40 bits per heavy atom. The maximum Gasteiger partial charge on any atom is 0.269 e. The average molecular weight is 442 g/mol. The molecule has 10 nitrogen and oxygen atoms in total. The molecule has 11 heteroatoms. The fourth-order valence-corrected chi connectivity index (χ4v) is 4.30. The second-order valence-corrected chi connectivity index (χ2v) is 9.30. The fraction of sp³-hybridized carbons (Fsp3) is 0.632. The van der Waals surface area contributed by atoms with E-state index in [1.165, 1.54) is 16.4 Å². The van der Waals surface area contributed by atoms with Gasteiger partial charge in [0, 0.05) is 44.9 Å². The Morgan fingerprint density at radius 1 is 1.23 bits per heavy atom. The van der Waals surface area contributed by atoms with Gasteiger partial charge in [-0.3, -0.25) is 10.1 Å². The van der Waals surface area contributed by atoms with Crippen molar-refractivity contribution < 1.29 is 18.1 Å². The van der Waals surface area contributed by atoms with Gasteiger partial charge in [-0.15, -0.1) is 0 Å². The Bertz CT molecular complexity index is 818. The Balaban J connectivity index is 1.94. The van der Waals surface area contributed by atoms with E-state index < -0.39 is 14.9 Å². The molecule has 1 aliphatic rings. The molecule has 1 saturated heterocycles. The number of nitro groups is 1. The molecule has 0 unspecified atom stereocenters. The number of nitro benzene ring substituents is 1. The molecular weight excluding hydrogens is 410 g/mol. The second-order valence-electron chi connectivity index (χ2n) is 7.22. The number of sulfonamides is 1. The molecule has 0 bridgehead atoms. The lowest BCUT2D eigenvalue weighted by molar-refractivity contribution is -0.384. The molecule has 1 aromatic rings. The lowest BCUT2D eigenvalue weighted by Crippen LogP contribution is -2.54. The minimum Gasteiger partial charge on any atom is -0.378 e. The predicted octanol–water partition coefficient (Wildman–Crippen LogP) is 1.43. The number of benzene rings is 1. The van der Waals surface area contributed by atoms with Crippen molar-refractivity contribution in [2.75, 3.05) is 45.1 Å². The van der Waals surface area contributed by atoms with E-state index in [0.717, 1.165) is 5.56 Å². The maximum atomic E-state index is 12.5. The van der Waals surface area contributed by atoms with Crippen molar-refractivity contribution in [3.63, 3.8) is 0 Å². The molecular formula is C19H31N5O5S. The first-order chi connectivity index (χ1) is 14.2. The van der Waals surface area contributed by atoms with Gasteiger partial charge in [0.25, 0.3) is 5.69 Å². The summed E-state index contributed by atoms with van der Waals surface area (Å²) in [6.45, 7) is 8.85. The van der Waals surface area contributed by atoms with Gasteiger partial charge in [-0.1, -0.05) is 12.1 Å². The molecule has 168 valence electrons. The Hall–Kier alpha value is -2.24. The van der Waals surface area contributed by atoms with Crippen LogP contribution >= 0.6 is 0 Å². The SMILES string of the molecule is CCNC(=NCc1ccc([N+](=O)[O-])cc1)N1CCN(S(=O)(=O)CCOC(C)C)CC1. The number of nitrogens with one attached hydrogen (secondary N) is 1. The molecule has 1 N–H and O–H groups in total. The van der Waals surface area contributed by atoms with E-state index in [0.29, 0.717) is 45.2 Å². The van der Waals surface area contributed by atoms with Crippen molar-refractivity contribution in [2.45, 2.75) is 33.4 Å². The maximum absolute atomic E-state index is 12.5. The van der Waals surface area contributed by atoms with E-state index in [1.54, 1.807) is 12.1 Å². The number of aliphatic imine (C=N–C) groups is 1. The van der Waals surface area contributed by atoms with E-state index in [9.17, 15) is 18.5 Å². The third kappa shape index (κ3) is 7.22. The molecule has 0 aliphatic carbocycles. The molecule has 0 amide bonds. The molecule has 1 fully saturated rings. The number of hydrogen-bond acceptors (Lipinski definition) is 6. The average Bonchev–Trinajstić information content (AvgIpc) is 2.71. The van der Waals surface area contributed by atoms with Crippen LogP contribution in [0, 0.1) is 10.1 Å². The van der Waals surface area contributed by atoms with Crippen LogP contribution in [0.4, 0.5) is 5.69 Å². The molecule has 0 spiro atoms. The predicted molar refractivity (Wildman–Crippen MR) is 116 cm³/mol. The highest BCUT2D eigenvalue weighted by molar-refractivity contribution is 7.89. The van der Waals surface area contributed by atoms with E-state index in [1.807, 2.05) is 25.7 Å². The first-order valence-electron chi connectivity index (χ1n) is 10.1. The van der Waals surface area contributed by atoms with Gasteiger partial charge in [0.05, 0.1) is 29.9 Å². The molecule has 1 aromatic carbocycles. The van der Waals surface area contributed by atoms with Crippen LogP contribution in [0.5, 0.6) is 0 Å². The topological polar surface area (TPSA) is 117 Å². The van der Waals surface area contributed by atoms with Crippen LogP contribution in [0.25, 0.3) is 0 Å². The number of ether oxygens (including phenoxy) is 1. The van der Waals surface area contributed by atoms with Gasteiger partial charge in [-0.2, -0.15) is 4.31 Å².